The predicted octanol–water partition coefficient (Wildman–Crippen LogP) is 6.36. The highest BCUT2D eigenvalue weighted by Crippen LogP contribution is 2.37. The Hall–Kier alpha value is -1.60. The second-order valence-corrected chi connectivity index (χ2v) is 8.47. The fourth-order valence-electron chi connectivity index (χ4n) is 2.37. The van der Waals surface area contributed by atoms with E-state index < -0.39 is 0 Å². The molecule has 4 heterocycles. The van der Waals surface area contributed by atoms with E-state index in [9.17, 15) is 0 Å². The molecule has 0 bridgehead atoms. The Morgan fingerprint density at radius 2 is 1.18 bits per heavy atom. The molecule has 5 aromatic rings. The molecule has 5 rings (SSSR count). The van der Waals surface area contributed by atoms with Crippen LogP contribution in [0.4, 0.5) is 0 Å². The Balaban J connectivity index is 1.69. The van der Waals surface area contributed by atoms with Gasteiger partial charge >= 0.3 is 0 Å². The molecule has 0 atom stereocenters. The van der Waals surface area contributed by atoms with E-state index in [0.29, 0.717) is 0 Å². The molecule has 0 spiro atoms. The Labute approximate surface area is 142 Å². The van der Waals surface area contributed by atoms with Crippen molar-refractivity contribution < 1.29 is 0 Å². The lowest BCUT2D eigenvalue weighted by atomic mass is 10.3. The van der Waals surface area contributed by atoms with E-state index in [1.165, 1.54) is 20.5 Å². The second-order valence-electron chi connectivity index (χ2n) is 4.85. The first kappa shape index (κ1) is 12.9. The molecule has 0 amide bonds. The Bertz CT molecular complexity index is 934. The maximum absolute atomic E-state index is 4.78. The summed E-state index contributed by atoms with van der Waals surface area (Å²) in [6.07, 6.45) is 0. The number of hydrogen-bond donors (Lipinski definition) is 0. The summed E-state index contributed by atoms with van der Waals surface area (Å²) in [7, 11) is 0. The standard InChI is InChI=1S/C16H8N2S4/c1-3-19-7-9(1)15-17-11-5-14-12(6-13(11)21-15)18-16(22-14)10-2-4-20-8-10/h1-8H. The van der Waals surface area contributed by atoms with Gasteiger partial charge < -0.3 is 0 Å². The van der Waals surface area contributed by atoms with Gasteiger partial charge in [0.1, 0.15) is 10.0 Å². The van der Waals surface area contributed by atoms with Crippen LogP contribution in [0.2, 0.25) is 0 Å². The number of hydrogen-bond acceptors (Lipinski definition) is 6. The fraction of sp³-hybridized carbons (Fsp3) is 0. The number of rotatable bonds is 2. The minimum atomic E-state index is 1.07. The molecular formula is C16H8N2S4. The van der Waals surface area contributed by atoms with Crippen molar-refractivity contribution in [3.05, 3.63) is 45.8 Å². The monoisotopic (exact) mass is 356 g/mol. The van der Waals surface area contributed by atoms with Crippen molar-refractivity contribution in [1.29, 1.82) is 0 Å². The van der Waals surface area contributed by atoms with Gasteiger partial charge in [-0.25, -0.2) is 9.97 Å². The number of benzene rings is 1. The van der Waals surface area contributed by atoms with Gasteiger partial charge in [-0.1, -0.05) is 0 Å². The van der Waals surface area contributed by atoms with Crippen LogP contribution in [-0.4, -0.2) is 9.97 Å². The van der Waals surface area contributed by atoms with Crippen LogP contribution >= 0.6 is 45.3 Å². The molecule has 6 heteroatoms. The molecule has 0 aliphatic carbocycles. The zero-order valence-corrected chi connectivity index (χ0v) is 14.4. The zero-order valence-electron chi connectivity index (χ0n) is 11.1. The van der Waals surface area contributed by atoms with Crippen molar-refractivity contribution in [2.24, 2.45) is 0 Å². The Morgan fingerprint density at radius 3 is 1.59 bits per heavy atom. The number of thiophene rings is 2. The third-order valence-electron chi connectivity index (χ3n) is 3.43. The minimum absolute atomic E-state index is 1.07. The quantitative estimate of drug-likeness (QED) is 0.367. The van der Waals surface area contributed by atoms with Crippen LogP contribution in [0, 0.1) is 0 Å². The van der Waals surface area contributed by atoms with Crippen molar-refractivity contribution in [1.82, 2.24) is 9.97 Å². The third kappa shape index (κ3) is 2.03. The number of nitrogens with zero attached hydrogens (tertiary/aromatic N) is 2. The molecular weight excluding hydrogens is 348 g/mol. The van der Waals surface area contributed by atoms with Crippen LogP contribution < -0.4 is 0 Å². The first-order valence-corrected chi connectivity index (χ1v) is 10.1. The van der Waals surface area contributed by atoms with Crippen molar-refractivity contribution >= 4 is 65.8 Å². The average Bonchev–Trinajstić information content (AvgIpc) is 3.27. The molecule has 0 aliphatic heterocycles. The number of thiazole rings is 2. The SMILES string of the molecule is c1cc(-c2nc3cc4sc(-c5ccsc5)nc4cc3s2)cs1. The van der Waals surface area contributed by atoms with Gasteiger partial charge in [0, 0.05) is 21.9 Å². The molecule has 0 radical (unpaired) electrons. The van der Waals surface area contributed by atoms with Gasteiger partial charge in [-0.3, -0.25) is 0 Å². The first-order chi connectivity index (χ1) is 10.9. The van der Waals surface area contributed by atoms with E-state index in [4.69, 9.17) is 9.97 Å². The lowest BCUT2D eigenvalue weighted by molar-refractivity contribution is 1.48. The molecule has 22 heavy (non-hydrogen) atoms. The molecule has 4 aromatic heterocycles. The summed E-state index contributed by atoms with van der Waals surface area (Å²) >= 11 is 6.89. The van der Waals surface area contributed by atoms with E-state index in [-0.39, 0.29) is 0 Å². The molecule has 0 unspecified atom stereocenters. The van der Waals surface area contributed by atoms with Gasteiger partial charge in [-0.2, -0.15) is 22.7 Å². The van der Waals surface area contributed by atoms with Crippen molar-refractivity contribution in [3.63, 3.8) is 0 Å². The van der Waals surface area contributed by atoms with Gasteiger partial charge in [0.05, 0.1) is 20.4 Å². The van der Waals surface area contributed by atoms with Crippen LogP contribution in [0.3, 0.4) is 0 Å². The zero-order chi connectivity index (χ0) is 14.5. The molecule has 0 N–H and O–H groups in total. The predicted molar refractivity (Wildman–Crippen MR) is 99.4 cm³/mol. The molecule has 0 aliphatic rings. The van der Waals surface area contributed by atoms with Crippen LogP contribution in [0.15, 0.2) is 45.8 Å². The normalized spacial score (nSPS) is 11.6. The molecule has 0 saturated carbocycles. The van der Waals surface area contributed by atoms with Gasteiger partial charge in [0.15, 0.2) is 0 Å². The highest BCUT2D eigenvalue weighted by atomic mass is 32.1. The van der Waals surface area contributed by atoms with Crippen LogP contribution in [0.1, 0.15) is 0 Å². The Morgan fingerprint density at radius 1 is 0.682 bits per heavy atom. The highest BCUT2D eigenvalue weighted by Gasteiger charge is 2.11. The van der Waals surface area contributed by atoms with Crippen molar-refractivity contribution in [2.45, 2.75) is 0 Å². The third-order valence-corrected chi connectivity index (χ3v) is 6.93. The lowest BCUT2D eigenvalue weighted by Gasteiger charge is -1.86. The van der Waals surface area contributed by atoms with Gasteiger partial charge in [-0.15, -0.1) is 22.7 Å². The Kier molecular flexibility index (Phi) is 2.91. The molecule has 106 valence electrons. The number of fused-ring (bicyclic) bond motifs is 2. The van der Waals surface area contributed by atoms with E-state index in [1.54, 1.807) is 45.3 Å². The second kappa shape index (κ2) is 4.96. The smallest absolute Gasteiger partial charge is 0.125 e. The summed E-state index contributed by atoms with van der Waals surface area (Å²) < 4.78 is 2.41. The largest absolute Gasteiger partial charge is 0.236 e. The van der Waals surface area contributed by atoms with E-state index in [1.807, 2.05) is 0 Å². The number of aromatic nitrogens is 2. The maximum Gasteiger partial charge on any atom is 0.125 e. The summed E-state index contributed by atoms with van der Waals surface area (Å²) in [6, 6.07) is 8.59. The summed E-state index contributed by atoms with van der Waals surface area (Å²) in [5, 5.41) is 10.7. The van der Waals surface area contributed by atoms with Crippen LogP contribution in [0.5, 0.6) is 0 Å². The molecule has 2 nitrogen and oxygen atoms in total. The van der Waals surface area contributed by atoms with Crippen molar-refractivity contribution in [3.8, 4) is 21.1 Å². The van der Waals surface area contributed by atoms with Crippen LogP contribution in [-0.2, 0) is 0 Å². The van der Waals surface area contributed by atoms with Gasteiger partial charge in [0.2, 0.25) is 0 Å². The minimum Gasteiger partial charge on any atom is -0.236 e. The van der Waals surface area contributed by atoms with Gasteiger partial charge in [0.25, 0.3) is 0 Å². The lowest BCUT2D eigenvalue weighted by Crippen LogP contribution is -1.72. The highest BCUT2D eigenvalue weighted by molar-refractivity contribution is 7.23. The van der Waals surface area contributed by atoms with E-state index >= 15 is 0 Å². The van der Waals surface area contributed by atoms with Crippen LogP contribution in [0.25, 0.3) is 41.6 Å². The van der Waals surface area contributed by atoms with E-state index in [2.05, 4.69) is 45.8 Å². The van der Waals surface area contributed by atoms with Gasteiger partial charge in [-0.05, 0) is 35.0 Å². The fourth-order valence-corrected chi connectivity index (χ4v) is 5.75. The maximum atomic E-state index is 4.78. The van der Waals surface area contributed by atoms with E-state index in [0.717, 1.165) is 21.0 Å². The molecule has 0 fully saturated rings. The first-order valence-electron chi connectivity index (χ1n) is 6.63. The topological polar surface area (TPSA) is 25.8 Å². The molecule has 0 saturated heterocycles. The van der Waals surface area contributed by atoms with Crippen molar-refractivity contribution in [2.75, 3.05) is 0 Å². The summed E-state index contributed by atoms with van der Waals surface area (Å²) in [6.45, 7) is 0. The molecule has 1 aromatic carbocycles. The summed E-state index contributed by atoms with van der Waals surface area (Å²) in [5.41, 5.74) is 4.56. The summed E-state index contributed by atoms with van der Waals surface area (Å²) in [5.74, 6) is 0. The average molecular weight is 357 g/mol. The summed E-state index contributed by atoms with van der Waals surface area (Å²) in [4.78, 5) is 9.57.